The van der Waals surface area contributed by atoms with Gasteiger partial charge in [0.2, 0.25) is 5.43 Å². The van der Waals surface area contributed by atoms with Crippen molar-refractivity contribution in [3.8, 4) is 0 Å². The summed E-state index contributed by atoms with van der Waals surface area (Å²) in [6.07, 6.45) is 2.03. The summed E-state index contributed by atoms with van der Waals surface area (Å²) in [5.41, 5.74) is 11.2. The molecule has 0 radical (unpaired) electrons. The Kier molecular flexibility index (Phi) is 5.41. The Morgan fingerprint density at radius 1 is 1.21 bits per heavy atom. The first kappa shape index (κ1) is 19.5. The van der Waals surface area contributed by atoms with Crippen molar-refractivity contribution in [1.82, 2.24) is 4.57 Å². The number of benzene rings is 2. The van der Waals surface area contributed by atoms with Gasteiger partial charge in [0.1, 0.15) is 5.56 Å². The van der Waals surface area contributed by atoms with Crippen LogP contribution in [-0.4, -0.2) is 17.0 Å². The third-order valence-corrected chi connectivity index (χ3v) is 4.53. The normalized spacial score (nSPS) is 11.0. The summed E-state index contributed by atoms with van der Waals surface area (Å²) in [5.74, 6) is -3.12. The minimum absolute atomic E-state index is 0.131. The molecular formula is C20H20F2N4O2. The molecule has 3 rings (SSSR count). The number of hydrogen-bond acceptors (Lipinski definition) is 4. The van der Waals surface area contributed by atoms with Crippen LogP contribution in [0.15, 0.2) is 41.3 Å². The number of pyridine rings is 1. The van der Waals surface area contributed by atoms with E-state index >= 15 is 0 Å². The number of nitrogen functional groups attached to an aromatic ring is 1. The second-order valence-corrected chi connectivity index (χ2v) is 6.33. The third-order valence-electron chi connectivity index (χ3n) is 4.53. The highest BCUT2D eigenvalue weighted by Gasteiger charge is 2.21. The van der Waals surface area contributed by atoms with Crippen LogP contribution in [0.25, 0.3) is 10.9 Å². The van der Waals surface area contributed by atoms with Crippen LogP contribution in [0, 0.1) is 11.6 Å². The standard InChI is InChI=1S/C20H20F2N4O2/c1-2-26-10-13(19(27)16-15(26)9-14(21)17(22)18(16)24)20(28)25-12-5-3-11(4-6-12)7-8-23/h3-6,9-10H,2,7-8,23-24H2,1H3,(H,25,28). The minimum atomic E-state index is -1.31. The predicted molar refractivity (Wildman–Crippen MR) is 105 cm³/mol. The van der Waals surface area contributed by atoms with Crippen LogP contribution >= 0.6 is 0 Å². The van der Waals surface area contributed by atoms with Crippen LogP contribution in [0.2, 0.25) is 0 Å². The molecule has 0 atom stereocenters. The van der Waals surface area contributed by atoms with Gasteiger partial charge in [-0.25, -0.2) is 8.78 Å². The lowest BCUT2D eigenvalue weighted by atomic mass is 10.1. The van der Waals surface area contributed by atoms with Gasteiger partial charge in [-0.15, -0.1) is 0 Å². The minimum Gasteiger partial charge on any atom is -0.396 e. The highest BCUT2D eigenvalue weighted by atomic mass is 19.2. The maximum absolute atomic E-state index is 13.9. The van der Waals surface area contributed by atoms with Crippen molar-refractivity contribution in [3.05, 3.63) is 69.5 Å². The van der Waals surface area contributed by atoms with E-state index in [0.717, 1.165) is 11.6 Å². The van der Waals surface area contributed by atoms with Crippen molar-refractivity contribution < 1.29 is 13.6 Å². The van der Waals surface area contributed by atoms with Crippen molar-refractivity contribution >= 4 is 28.2 Å². The number of fused-ring (bicyclic) bond motifs is 1. The second-order valence-electron chi connectivity index (χ2n) is 6.33. The average Bonchev–Trinajstić information content (AvgIpc) is 2.68. The molecule has 3 aromatic rings. The van der Waals surface area contributed by atoms with E-state index in [0.29, 0.717) is 25.2 Å². The number of nitrogens with one attached hydrogen (secondary N) is 1. The van der Waals surface area contributed by atoms with E-state index in [1.165, 1.54) is 10.8 Å². The monoisotopic (exact) mass is 386 g/mol. The maximum Gasteiger partial charge on any atom is 0.261 e. The topological polar surface area (TPSA) is 103 Å². The van der Waals surface area contributed by atoms with Gasteiger partial charge >= 0.3 is 0 Å². The number of aromatic nitrogens is 1. The van der Waals surface area contributed by atoms with E-state index < -0.39 is 28.7 Å². The molecule has 0 spiro atoms. The lowest BCUT2D eigenvalue weighted by Gasteiger charge is -2.14. The average molecular weight is 386 g/mol. The number of rotatable bonds is 5. The maximum atomic E-state index is 13.9. The summed E-state index contributed by atoms with van der Waals surface area (Å²) in [7, 11) is 0. The van der Waals surface area contributed by atoms with E-state index in [9.17, 15) is 18.4 Å². The summed E-state index contributed by atoms with van der Waals surface area (Å²) >= 11 is 0. The quantitative estimate of drug-likeness (QED) is 0.587. The largest absolute Gasteiger partial charge is 0.396 e. The van der Waals surface area contributed by atoms with Crippen molar-refractivity contribution in [2.75, 3.05) is 17.6 Å². The summed E-state index contributed by atoms with van der Waals surface area (Å²) in [4.78, 5) is 25.5. The molecule has 8 heteroatoms. The number of hydrogen-bond donors (Lipinski definition) is 3. The van der Waals surface area contributed by atoms with Crippen LogP contribution < -0.4 is 22.2 Å². The molecule has 0 bridgehead atoms. The summed E-state index contributed by atoms with van der Waals surface area (Å²) in [6, 6.07) is 7.95. The Morgan fingerprint density at radius 3 is 2.50 bits per heavy atom. The first-order chi connectivity index (χ1) is 13.4. The van der Waals surface area contributed by atoms with E-state index in [-0.39, 0.29) is 16.5 Å². The number of amides is 1. The van der Waals surface area contributed by atoms with Crippen LogP contribution in [0.3, 0.4) is 0 Å². The van der Waals surface area contributed by atoms with Gasteiger partial charge in [-0.1, -0.05) is 12.1 Å². The van der Waals surface area contributed by atoms with Crippen LogP contribution in [-0.2, 0) is 13.0 Å². The number of nitrogens with two attached hydrogens (primary N) is 2. The van der Waals surface area contributed by atoms with E-state index in [1.54, 1.807) is 19.1 Å². The van der Waals surface area contributed by atoms with Gasteiger partial charge in [0.15, 0.2) is 11.6 Å². The number of carbonyl (C=O) groups excluding carboxylic acids is 1. The Hall–Kier alpha value is -3.26. The second kappa shape index (κ2) is 7.77. The molecule has 5 N–H and O–H groups in total. The lowest BCUT2D eigenvalue weighted by Crippen LogP contribution is -2.25. The van der Waals surface area contributed by atoms with Crippen LogP contribution in [0.4, 0.5) is 20.2 Å². The van der Waals surface area contributed by atoms with E-state index in [1.807, 2.05) is 12.1 Å². The van der Waals surface area contributed by atoms with Crippen LogP contribution in [0.5, 0.6) is 0 Å². The van der Waals surface area contributed by atoms with Gasteiger partial charge < -0.3 is 21.4 Å². The molecular weight excluding hydrogens is 366 g/mol. The SMILES string of the molecule is CCn1cc(C(=O)Nc2ccc(CCN)cc2)c(=O)c2c(N)c(F)c(F)cc21. The Morgan fingerprint density at radius 2 is 1.89 bits per heavy atom. The molecule has 1 amide bonds. The van der Waals surface area contributed by atoms with Gasteiger partial charge in [0, 0.05) is 24.5 Å². The Balaban J connectivity index is 2.06. The number of halogens is 2. The smallest absolute Gasteiger partial charge is 0.261 e. The molecule has 0 unspecified atom stereocenters. The van der Waals surface area contributed by atoms with Gasteiger partial charge in [0.25, 0.3) is 5.91 Å². The van der Waals surface area contributed by atoms with Crippen molar-refractivity contribution in [2.45, 2.75) is 19.9 Å². The predicted octanol–water partition coefficient (Wildman–Crippen LogP) is 2.64. The summed E-state index contributed by atoms with van der Waals surface area (Å²) < 4.78 is 29.1. The lowest BCUT2D eigenvalue weighted by molar-refractivity contribution is 0.102. The molecule has 0 saturated heterocycles. The number of anilines is 2. The fraction of sp³-hybridized carbons (Fsp3) is 0.200. The molecule has 146 valence electrons. The zero-order valence-corrected chi connectivity index (χ0v) is 15.3. The van der Waals surface area contributed by atoms with Crippen LogP contribution in [0.1, 0.15) is 22.8 Å². The highest BCUT2D eigenvalue weighted by molar-refractivity contribution is 6.06. The van der Waals surface area contributed by atoms with Gasteiger partial charge in [-0.05, 0) is 37.6 Å². The Labute approximate surface area is 159 Å². The molecule has 28 heavy (non-hydrogen) atoms. The molecule has 6 nitrogen and oxygen atoms in total. The van der Waals surface area contributed by atoms with Gasteiger partial charge in [0.05, 0.1) is 16.6 Å². The fourth-order valence-corrected chi connectivity index (χ4v) is 3.06. The van der Waals surface area contributed by atoms with E-state index in [4.69, 9.17) is 11.5 Å². The molecule has 0 saturated carbocycles. The fourth-order valence-electron chi connectivity index (χ4n) is 3.06. The third kappa shape index (κ3) is 3.46. The van der Waals surface area contributed by atoms with Gasteiger partial charge in [-0.3, -0.25) is 9.59 Å². The summed E-state index contributed by atoms with van der Waals surface area (Å²) in [5, 5.41) is 2.42. The molecule has 0 aliphatic rings. The van der Waals surface area contributed by atoms with E-state index in [2.05, 4.69) is 5.32 Å². The zero-order valence-electron chi connectivity index (χ0n) is 15.3. The summed E-state index contributed by atoms with van der Waals surface area (Å²) in [6.45, 7) is 2.59. The molecule has 0 aliphatic carbocycles. The van der Waals surface area contributed by atoms with Crippen molar-refractivity contribution in [2.24, 2.45) is 5.73 Å². The molecule has 1 heterocycles. The highest BCUT2D eigenvalue weighted by Crippen LogP contribution is 2.25. The van der Waals surface area contributed by atoms with Gasteiger partial charge in [-0.2, -0.15) is 0 Å². The first-order valence-electron chi connectivity index (χ1n) is 8.78. The first-order valence-corrected chi connectivity index (χ1v) is 8.78. The Bertz CT molecular complexity index is 1110. The number of nitrogens with zero attached hydrogens (tertiary/aromatic N) is 1. The van der Waals surface area contributed by atoms with Crippen molar-refractivity contribution in [1.29, 1.82) is 0 Å². The zero-order chi connectivity index (χ0) is 20.4. The molecule has 2 aromatic carbocycles. The molecule has 0 aliphatic heterocycles. The molecule has 0 fully saturated rings. The number of aryl methyl sites for hydroxylation is 1. The number of carbonyl (C=O) groups is 1. The molecule has 1 aromatic heterocycles. The van der Waals surface area contributed by atoms with Crippen molar-refractivity contribution in [3.63, 3.8) is 0 Å².